The van der Waals surface area contributed by atoms with E-state index in [2.05, 4.69) is 27.3 Å². The number of nitrogens with one attached hydrogen (secondary N) is 1. The minimum Gasteiger partial charge on any atom is -0.326 e. The molecule has 120 valence electrons. The molecule has 4 fully saturated rings. The van der Waals surface area contributed by atoms with Gasteiger partial charge in [0.15, 0.2) is 0 Å². The normalized spacial score (nSPS) is 37.4. The number of rotatable bonds is 3. The van der Waals surface area contributed by atoms with Gasteiger partial charge >= 0.3 is 0 Å². The Labute approximate surface area is 145 Å². The van der Waals surface area contributed by atoms with Crippen molar-refractivity contribution in [3.05, 3.63) is 29.8 Å². The lowest BCUT2D eigenvalue weighted by Gasteiger charge is -2.60. The standard InChI is InChI=1S/C19H21BrN2O/c20-19-8-14-4-15(9-19)7-18(6-14,12-19)10-17(23)22-16-3-1-2-13(5-16)11-21/h1-3,5,14-15H,4,6-10,12H2,(H,22,23)/t14-,15+,18?,19?. The number of halogens is 1. The molecule has 4 saturated carbocycles. The molecule has 1 amide bonds. The third-order valence-electron chi connectivity index (χ3n) is 5.92. The van der Waals surface area contributed by atoms with Crippen LogP contribution in [0, 0.1) is 28.6 Å². The maximum atomic E-state index is 12.6. The third-order valence-corrected chi connectivity index (χ3v) is 6.85. The van der Waals surface area contributed by atoms with Gasteiger partial charge in [-0.1, -0.05) is 22.0 Å². The van der Waals surface area contributed by atoms with Gasteiger partial charge in [0, 0.05) is 16.4 Å². The van der Waals surface area contributed by atoms with Gasteiger partial charge in [-0.3, -0.25) is 4.79 Å². The molecule has 0 aromatic heterocycles. The topological polar surface area (TPSA) is 52.9 Å². The molecule has 0 radical (unpaired) electrons. The number of benzene rings is 1. The zero-order valence-electron chi connectivity index (χ0n) is 13.1. The monoisotopic (exact) mass is 372 g/mol. The molecule has 5 rings (SSSR count). The van der Waals surface area contributed by atoms with Gasteiger partial charge < -0.3 is 5.32 Å². The van der Waals surface area contributed by atoms with Gasteiger partial charge in [-0.05, 0) is 74.0 Å². The second-order valence-electron chi connectivity index (χ2n) is 8.03. The third kappa shape index (κ3) is 2.92. The summed E-state index contributed by atoms with van der Waals surface area (Å²) in [6.07, 6.45) is 8.11. The first-order valence-corrected chi connectivity index (χ1v) is 9.26. The van der Waals surface area contributed by atoms with Crippen molar-refractivity contribution in [3.8, 4) is 6.07 Å². The quantitative estimate of drug-likeness (QED) is 0.786. The highest BCUT2D eigenvalue weighted by molar-refractivity contribution is 9.10. The van der Waals surface area contributed by atoms with Crippen LogP contribution in [0.4, 0.5) is 5.69 Å². The van der Waals surface area contributed by atoms with Crippen molar-refractivity contribution in [3.63, 3.8) is 0 Å². The Balaban J connectivity index is 1.47. The summed E-state index contributed by atoms with van der Waals surface area (Å²) in [5.74, 6) is 1.69. The van der Waals surface area contributed by atoms with Gasteiger partial charge in [-0.15, -0.1) is 0 Å². The Hall–Kier alpha value is -1.34. The second kappa shape index (κ2) is 5.34. The van der Waals surface area contributed by atoms with Crippen molar-refractivity contribution in [2.45, 2.75) is 49.3 Å². The molecular weight excluding hydrogens is 352 g/mol. The summed E-state index contributed by atoms with van der Waals surface area (Å²) < 4.78 is 0.290. The van der Waals surface area contributed by atoms with Crippen molar-refractivity contribution in [2.24, 2.45) is 17.3 Å². The molecule has 4 bridgehead atoms. The van der Waals surface area contributed by atoms with Gasteiger partial charge in [0.25, 0.3) is 0 Å². The molecule has 1 aromatic carbocycles. The molecule has 0 heterocycles. The van der Waals surface area contributed by atoms with Gasteiger partial charge in [0.1, 0.15) is 0 Å². The number of carbonyl (C=O) groups excluding carboxylic acids is 1. The number of anilines is 1. The van der Waals surface area contributed by atoms with E-state index in [1.165, 1.54) is 32.1 Å². The van der Waals surface area contributed by atoms with Crippen LogP contribution in [0.15, 0.2) is 24.3 Å². The number of hydrogen-bond donors (Lipinski definition) is 1. The van der Waals surface area contributed by atoms with Crippen LogP contribution in [0.2, 0.25) is 0 Å². The van der Waals surface area contributed by atoms with E-state index in [4.69, 9.17) is 5.26 Å². The Kier molecular flexibility index (Phi) is 3.53. The van der Waals surface area contributed by atoms with Crippen molar-refractivity contribution in [1.82, 2.24) is 0 Å². The summed E-state index contributed by atoms with van der Waals surface area (Å²) in [6.45, 7) is 0. The number of alkyl halides is 1. The van der Waals surface area contributed by atoms with E-state index in [0.717, 1.165) is 23.9 Å². The summed E-state index contributed by atoms with van der Waals surface area (Å²) in [4.78, 5) is 12.6. The van der Waals surface area contributed by atoms with Gasteiger partial charge in [-0.2, -0.15) is 5.26 Å². The Morgan fingerprint density at radius 2 is 2.04 bits per heavy atom. The van der Waals surface area contributed by atoms with E-state index in [1.54, 1.807) is 12.1 Å². The van der Waals surface area contributed by atoms with Crippen LogP contribution >= 0.6 is 15.9 Å². The number of amides is 1. The second-order valence-corrected chi connectivity index (χ2v) is 9.71. The van der Waals surface area contributed by atoms with E-state index in [-0.39, 0.29) is 15.6 Å². The maximum Gasteiger partial charge on any atom is 0.224 e. The summed E-state index contributed by atoms with van der Waals surface area (Å²) >= 11 is 4.00. The molecular formula is C19H21BrN2O. The van der Waals surface area contributed by atoms with Crippen molar-refractivity contribution >= 4 is 27.5 Å². The summed E-state index contributed by atoms with van der Waals surface area (Å²) in [5.41, 5.74) is 1.49. The minimum absolute atomic E-state index is 0.0955. The van der Waals surface area contributed by atoms with Crippen LogP contribution in [-0.2, 0) is 4.79 Å². The molecule has 0 spiro atoms. The smallest absolute Gasteiger partial charge is 0.224 e. The zero-order valence-corrected chi connectivity index (χ0v) is 14.7. The fourth-order valence-electron chi connectivity index (χ4n) is 5.76. The molecule has 4 atom stereocenters. The van der Waals surface area contributed by atoms with Crippen molar-refractivity contribution < 1.29 is 4.79 Å². The van der Waals surface area contributed by atoms with Crippen molar-refractivity contribution in [1.29, 1.82) is 5.26 Å². The molecule has 3 nitrogen and oxygen atoms in total. The summed E-state index contributed by atoms with van der Waals surface area (Å²) in [7, 11) is 0. The fraction of sp³-hybridized carbons (Fsp3) is 0.579. The zero-order chi connectivity index (χ0) is 16.1. The lowest BCUT2D eigenvalue weighted by Crippen LogP contribution is -2.53. The predicted molar refractivity (Wildman–Crippen MR) is 93.2 cm³/mol. The van der Waals surface area contributed by atoms with Crippen molar-refractivity contribution in [2.75, 3.05) is 5.32 Å². The Morgan fingerprint density at radius 1 is 1.30 bits per heavy atom. The van der Waals surface area contributed by atoms with Gasteiger partial charge in [-0.25, -0.2) is 0 Å². The minimum atomic E-state index is 0.0955. The highest BCUT2D eigenvalue weighted by atomic mass is 79.9. The molecule has 4 aliphatic carbocycles. The predicted octanol–water partition coefficient (Wildman–Crippen LogP) is 4.62. The number of carbonyl (C=O) groups is 1. The summed E-state index contributed by atoms with van der Waals surface area (Å²) in [5, 5.41) is 12.0. The molecule has 4 heteroatoms. The average molecular weight is 373 g/mol. The highest BCUT2D eigenvalue weighted by Crippen LogP contribution is 2.65. The lowest BCUT2D eigenvalue weighted by molar-refractivity contribution is -0.123. The van der Waals surface area contributed by atoms with Gasteiger partial charge in [0.05, 0.1) is 11.6 Å². The summed E-state index contributed by atoms with van der Waals surface area (Å²) in [6, 6.07) is 9.27. The molecule has 2 unspecified atom stereocenters. The van der Waals surface area contributed by atoms with Crippen LogP contribution in [0.5, 0.6) is 0 Å². The first-order valence-electron chi connectivity index (χ1n) is 8.47. The van der Waals surface area contributed by atoms with E-state index in [0.29, 0.717) is 12.0 Å². The first kappa shape index (κ1) is 15.2. The van der Waals surface area contributed by atoms with Crippen LogP contribution in [-0.4, -0.2) is 10.2 Å². The van der Waals surface area contributed by atoms with E-state index in [1.807, 2.05) is 12.1 Å². The lowest BCUT2D eigenvalue weighted by atomic mass is 9.48. The van der Waals surface area contributed by atoms with Crippen LogP contribution in [0.1, 0.15) is 50.5 Å². The maximum absolute atomic E-state index is 12.6. The van der Waals surface area contributed by atoms with E-state index < -0.39 is 0 Å². The molecule has 1 N–H and O–H groups in total. The van der Waals surface area contributed by atoms with Gasteiger partial charge in [0.2, 0.25) is 5.91 Å². The highest BCUT2D eigenvalue weighted by Gasteiger charge is 2.57. The van der Waals surface area contributed by atoms with Crippen LogP contribution < -0.4 is 5.32 Å². The Bertz CT molecular complexity index is 679. The average Bonchev–Trinajstić information content (AvgIpc) is 2.43. The first-order chi connectivity index (χ1) is 11.0. The van der Waals surface area contributed by atoms with Crippen LogP contribution in [0.3, 0.4) is 0 Å². The Morgan fingerprint density at radius 3 is 2.70 bits per heavy atom. The number of nitrogens with zero attached hydrogens (tertiary/aromatic N) is 1. The largest absolute Gasteiger partial charge is 0.326 e. The fourth-order valence-corrected chi connectivity index (χ4v) is 7.27. The molecule has 23 heavy (non-hydrogen) atoms. The number of hydrogen-bond acceptors (Lipinski definition) is 2. The van der Waals surface area contributed by atoms with Crippen LogP contribution in [0.25, 0.3) is 0 Å². The molecule has 1 aromatic rings. The number of nitriles is 1. The van der Waals surface area contributed by atoms with E-state index >= 15 is 0 Å². The SMILES string of the molecule is N#Cc1cccc(NC(=O)CC23C[C@@H]4C[C@@H](CC(Br)(C4)C2)C3)c1. The van der Waals surface area contributed by atoms with E-state index in [9.17, 15) is 4.79 Å². The molecule has 0 saturated heterocycles. The molecule has 0 aliphatic heterocycles. The molecule has 4 aliphatic rings.